The molecular formula is C43H48KN4NaO9S. The Labute approximate surface area is 410 Å². The number of sulfonamides is 1. The minimum atomic E-state index is -4.02. The van der Waals surface area contributed by atoms with Crippen molar-refractivity contribution in [3.63, 3.8) is 0 Å². The second-order valence-electron chi connectivity index (χ2n) is 14.4. The standard InChI is InChI=1S/C43H48N4O8S.K.Na.H2O/c1-2-47(35-21-17-32(18-22-35)43(52)53)56(54,55)37-8-6-7-33(27-37)40(48)45-39-24-23-36(46-25-4-3-5-26-46)28-38(39)41(49)44-34-19-13-30(14-20-34)10-9-29-11-15-31(16-12-29)42(50)51;;;/h6-8,11-16,19-20,23-24,27-28,32,35H,2-5,9-10,17-18,21-22,25-26H2,1H3,(H,44,49)(H,45,48)(H,50,51)(H,52,53);;;1H2/q;2*+1;/p-2/t32-,35-;;;. The number of hydrogen-bond donors (Lipinski definition) is 2. The first-order valence-electron chi connectivity index (χ1n) is 19.2. The van der Waals surface area contributed by atoms with Gasteiger partial charge in [-0.3, -0.25) is 9.59 Å². The molecule has 4 aromatic rings. The molecule has 0 bridgehead atoms. The summed E-state index contributed by atoms with van der Waals surface area (Å²) in [5, 5.41) is 28.2. The van der Waals surface area contributed by atoms with Crippen LogP contribution in [0.25, 0.3) is 0 Å². The molecular weight excluding hydrogens is 811 g/mol. The van der Waals surface area contributed by atoms with E-state index in [1.165, 1.54) is 40.7 Å². The van der Waals surface area contributed by atoms with E-state index >= 15 is 0 Å². The molecule has 0 radical (unpaired) electrons. The fraction of sp³-hybridized carbons (Fsp3) is 0.349. The topological polar surface area (TPSA) is 211 Å². The van der Waals surface area contributed by atoms with Gasteiger partial charge in [-0.1, -0.05) is 49.4 Å². The molecule has 13 nitrogen and oxygen atoms in total. The third-order valence-electron chi connectivity index (χ3n) is 10.8. The van der Waals surface area contributed by atoms with Crippen LogP contribution in [-0.4, -0.2) is 67.6 Å². The summed E-state index contributed by atoms with van der Waals surface area (Å²) in [5.41, 5.74) is 4.18. The Morgan fingerprint density at radius 3 is 1.93 bits per heavy atom. The first kappa shape index (κ1) is 50.4. The van der Waals surface area contributed by atoms with Crippen LogP contribution >= 0.6 is 0 Å². The fourth-order valence-corrected chi connectivity index (χ4v) is 9.32. The number of carbonyl (C=O) groups excluding carboxylic acids is 4. The number of aliphatic carboxylic acids is 1. The van der Waals surface area contributed by atoms with Crippen molar-refractivity contribution >= 4 is 50.8 Å². The number of anilines is 3. The average Bonchev–Trinajstić information content (AvgIpc) is 3.21. The van der Waals surface area contributed by atoms with Gasteiger partial charge in [0.25, 0.3) is 11.8 Å². The van der Waals surface area contributed by atoms with Crippen LogP contribution in [0.1, 0.15) is 94.1 Å². The molecule has 1 aliphatic heterocycles. The molecule has 4 N–H and O–H groups in total. The molecule has 0 spiro atoms. The number of nitrogens with one attached hydrogen (secondary N) is 2. The Balaban J connectivity index is 0.00000310. The summed E-state index contributed by atoms with van der Waals surface area (Å²) in [6.07, 6.45) is 6.09. The number of nitrogens with zero attached hydrogens (tertiary/aromatic N) is 2. The van der Waals surface area contributed by atoms with Crippen molar-refractivity contribution in [2.75, 3.05) is 35.2 Å². The minimum Gasteiger partial charge on any atom is -0.550 e. The molecule has 2 amide bonds. The smallest absolute Gasteiger partial charge is 0.550 e. The number of carboxylic acid groups (broad SMARTS) is 2. The number of carbonyl (C=O) groups is 4. The third-order valence-corrected chi connectivity index (χ3v) is 12.8. The summed E-state index contributed by atoms with van der Waals surface area (Å²) in [5.74, 6) is -3.93. The molecule has 4 aromatic carbocycles. The molecule has 1 saturated carbocycles. The molecule has 2 aliphatic rings. The second-order valence-corrected chi connectivity index (χ2v) is 16.3. The number of aryl methyl sites for hydroxylation is 2. The van der Waals surface area contributed by atoms with Crippen LogP contribution < -0.4 is 107 Å². The number of carboxylic acids is 2. The third kappa shape index (κ3) is 13.0. The van der Waals surface area contributed by atoms with Crippen molar-refractivity contribution in [3.8, 4) is 0 Å². The summed E-state index contributed by atoms with van der Waals surface area (Å²) >= 11 is 0. The summed E-state index contributed by atoms with van der Waals surface area (Å²) in [6.45, 7) is 3.62. The summed E-state index contributed by atoms with van der Waals surface area (Å²) in [7, 11) is -4.02. The summed E-state index contributed by atoms with van der Waals surface area (Å²) in [4.78, 5) is 52.2. The van der Waals surface area contributed by atoms with Gasteiger partial charge in [-0.25, -0.2) is 8.42 Å². The summed E-state index contributed by atoms with van der Waals surface area (Å²) in [6, 6.07) is 24.8. The van der Waals surface area contributed by atoms with E-state index in [1.807, 2.05) is 18.2 Å². The van der Waals surface area contributed by atoms with Gasteiger partial charge in [0, 0.05) is 48.6 Å². The molecule has 0 aromatic heterocycles. The van der Waals surface area contributed by atoms with Gasteiger partial charge >= 0.3 is 80.9 Å². The zero-order valence-corrected chi connectivity index (χ0v) is 39.8. The first-order valence-corrected chi connectivity index (χ1v) is 20.6. The van der Waals surface area contributed by atoms with Crippen LogP contribution in [0.15, 0.2) is 95.9 Å². The second kappa shape index (κ2) is 23.3. The van der Waals surface area contributed by atoms with E-state index in [0.717, 1.165) is 49.2 Å². The quantitative estimate of drug-likeness (QED) is 0.132. The Hall–Kier alpha value is -2.93. The number of amides is 2. The molecule has 0 unspecified atom stereocenters. The van der Waals surface area contributed by atoms with Gasteiger partial charge in [-0.2, -0.15) is 4.31 Å². The molecule has 6 rings (SSSR count). The first-order chi connectivity index (χ1) is 26.9. The van der Waals surface area contributed by atoms with Crippen molar-refractivity contribution in [1.82, 2.24) is 4.31 Å². The van der Waals surface area contributed by atoms with Gasteiger partial charge < -0.3 is 40.8 Å². The molecule has 16 heteroatoms. The normalized spacial score (nSPS) is 16.4. The van der Waals surface area contributed by atoms with Crippen molar-refractivity contribution in [1.29, 1.82) is 0 Å². The van der Waals surface area contributed by atoms with E-state index in [0.29, 0.717) is 44.2 Å². The van der Waals surface area contributed by atoms with E-state index in [1.54, 1.807) is 43.3 Å². The van der Waals surface area contributed by atoms with Gasteiger partial charge in [-0.15, -0.1) is 0 Å². The molecule has 2 fully saturated rings. The van der Waals surface area contributed by atoms with Crippen molar-refractivity contribution in [2.24, 2.45) is 5.92 Å². The summed E-state index contributed by atoms with van der Waals surface area (Å²) < 4.78 is 29.1. The maximum atomic E-state index is 13.9. The van der Waals surface area contributed by atoms with Crippen molar-refractivity contribution < 1.29 is 124 Å². The van der Waals surface area contributed by atoms with E-state index in [9.17, 15) is 37.8 Å². The van der Waals surface area contributed by atoms with Gasteiger partial charge in [0.2, 0.25) is 10.0 Å². The van der Waals surface area contributed by atoms with Gasteiger partial charge in [0.1, 0.15) is 0 Å². The fourth-order valence-electron chi connectivity index (χ4n) is 7.58. The number of benzene rings is 4. The Bertz CT molecular complexity index is 2180. The Kier molecular flexibility index (Phi) is 19.9. The van der Waals surface area contributed by atoms with E-state index in [4.69, 9.17) is 0 Å². The van der Waals surface area contributed by atoms with E-state index in [2.05, 4.69) is 15.5 Å². The molecule has 302 valence electrons. The van der Waals surface area contributed by atoms with Crippen LogP contribution in [0.5, 0.6) is 0 Å². The van der Waals surface area contributed by atoms with E-state index in [-0.39, 0.29) is 126 Å². The number of hydrogen-bond acceptors (Lipinski definition) is 9. The Morgan fingerprint density at radius 1 is 0.746 bits per heavy atom. The average molecular weight is 859 g/mol. The van der Waals surface area contributed by atoms with Crippen LogP contribution in [-0.2, 0) is 27.7 Å². The zero-order chi connectivity index (χ0) is 39.8. The van der Waals surface area contributed by atoms with Crippen molar-refractivity contribution in [2.45, 2.75) is 75.6 Å². The van der Waals surface area contributed by atoms with Crippen LogP contribution in [0.3, 0.4) is 0 Å². The predicted octanol–water partition coefficient (Wildman–Crippen LogP) is -2.17. The maximum absolute atomic E-state index is 13.9. The molecule has 59 heavy (non-hydrogen) atoms. The number of rotatable bonds is 14. The van der Waals surface area contributed by atoms with Crippen LogP contribution in [0, 0.1) is 5.92 Å². The molecule has 1 saturated heterocycles. The molecule has 0 atom stereocenters. The van der Waals surface area contributed by atoms with Crippen LogP contribution in [0.4, 0.5) is 17.1 Å². The predicted molar refractivity (Wildman–Crippen MR) is 213 cm³/mol. The van der Waals surface area contributed by atoms with Gasteiger partial charge in [0.05, 0.1) is 22.1 Å². The largest absolute Gasteiger partial charge is 1.00 e. The minimum absolute atomic E-state index is 0. The maximum Gasteiger partial charge on any atom is 1.00 e. The number of piperidine rings is 1. The zero-order valence-electron chi connectivity index (χ0n) is 33.9. The van der Waals surface area contributed by atoms with Crippen LogP contribution in [0.2, 0.25) is 0 Å². The SMILES string of the molecule is CCN([C@H]1CC[C@H](C(=O)[O-])CC1)S(=O)(=O)c1cccc(C(=O)Nc2ccc(N3CCCCC3)cc2C(=O)Nc2ccc(CCc3ccc(C(=O)[O-])cc3)cc2)c1.O.[K+].[Na+]. The van der Waals surface area contributed by atoms with Crippen molar-refractivity contribution in [3.05, 3.63) is 119 Å². The Morgan fingerprint density at radius 2 is 1.36 bits per heavy atom. The molecule has 1 heterocycles. The number of aromatic carboxylic acids is 1. The monoisotopic (exact) mass is 858 g/mol. The van der Waals surface area contributed by atoms with E-state index < -0.39 is 39.7 Å². The van der Waals surface area contributed by atoms with Gasteiger partial charge in [0.15, 0.2) is 0 Å². The molecule has 1 aliphatic carbocycles. The van der Waals surface area contributed by atoms with Gasteiger partial charge in [-0.05, 0) is 129 Å².